The van der Waals surface area contributed by atoms with Crippen LogP contribution >= 0.6 is 0 Å². The number of hydrogen-bond donors (Lipinski definition) is 0. The van der Waals surface area contributed by atoms with Gasteiger partial charge in [0.25, 0.3) is 0 Å². The summed E-state index contributed by atoms with van der Waals surface area (Å²) in [7, 11) is 2.20. The Labute approximate surface area is 292 Å². The first-order valence-electron chi connectivity index (χ1n) is 17.3. The third kappa shape index (κ3) is 4.02. The van der Waals surface area contributed by atoms with E-state index in [1.165, 1.54) is 71.6 Å². The van der Waals surface area contributed by atoms with Gasteiger partial charge in [-0.25, -0.2) is 0 Å². The average molecular weight is 639 g/mol. The van der Waals surface area contributed by atoms with Gasteiger partial charge in [0.2, 0.25) is 0 Å². The van der Waals surface area contributed by atoms with Gasteiger partial charge in [-0.2, -0.15) is 0 Å². The number of aromatic nitrogens is 1. The van der Waals surface area contributed by atoms with Crippen LogP contribution in [0.25, 0.3) is 49.4 Å². The Kier molecular flexibility index (Phi) is 6.34. The third-order valence-electron chi connectivity index (χ3n) is 10.9. The molecule has 0 amide bonds. The fourth-order valence-corrected chi connectivity index (χ4v) is 8.62. The van der Waals surface area contributed by atoms with E-state index in [1.54, 1.807) is 0 Å². The van der Waals surface area contributed by atoms with Crippen molar-refractivity contribution in [1.29, 1.82) is 0 Å². The molecule has 1 heterocycles. The summed E-state index contributed by atoms with van der Waals surface area (Å²) < 4.78 is 2.43. The van der Waals surface area contributed by atoms with E-state index >= 15 is 0 Å². The molecule has 0 N–H and O–H groups in total. The van der Waals surface area contributed by atoms with Crippen LogP contribution < -0.4 is 4.90 Å². The highest BCUT2D eigenvalue weighted by molar-refractivity contribution is 6.11. The molecular weight excluding hydrogens is 605 g/mol. The summed E-state index contributed by atoms with van der Waals surface area (Å²) in [4.78, 5) is 2.34. The van der Waals surface area contributed by atoms with Gasteiger partial charge in [0.1, 0.15) is 0 Å². The molecule has 0 saturated carbocycles. The van der Waals surface area contributed by atoms with E-state index in [1.807, 2.05) is 0 Å². The van der Waals surface area contributed by atoms with E-state index in [-0.39, 0.29) is 0 Å². The molecule has 50 heavy (non-hydrogen) atoms. The van der Waals surface area contributed by atoms with Crippen molar-refractivity contribution in [1.82, 2.24) is 4.57 Å². The maximum atomic E-state index is 2.43. The Balaban J connectivity index is 1.16. The van der Waals surface area contributed by atoms with Crippen LogP contribution in [0, 0.1) is 0 Å². The lowest BCUT2D eigenvalue weighted by Gasteiger charge is -2.34. The van der Waals surface area contributed by atoms with Crippen LogP contribution in [0.2, 0.25) is 0 Å². The zero-order valence-electron chi connectivity index (χ0n) is 27.8. The van der Waals surface area contributed by atoms with E-state index in [0.717, 1.165) is 11.4 Å². The molecule has 236 valence electrons. The lowest BCUT2D eigenvalue weighted by molar-refractivity contribution is 0.768. The topological polar surface area (TPSA) is 8.17 Å². The minimum Gasteiger partial charge on any atom is -0.345 e. The third-order valence-corrected chi connectivity index (χ3v) is 10.9. The van der Waals surface area contributed by atoms with Gasteiger partial charge in [-0.1, -0.05) is 146 Å². The largest absolute Gasteiger partial charge is 0.345 e. The Morgan fingerprint density at radius 2 is 1.00 bits per heavy atom. The summed E-state index contributed by atoms with van der Waals surface area (Å²) >= 11 is 0. The summed E-state index contributed by atoms with van der Waals surface area (Å²) in [5, 5.41) is 4.99. The van der Waals surface area contributed by atoms with Crippen LogP contribution in [0.4, 0.5) is 11.4 Å². The number of hydrogen-bond acceptors (Lipinski definition) is 1. The summed E-state index contributed by atoms with van der Waals surface area (Å²) in [6, 6.07) is 69.0. The van der Waals surface area contributed by atoms with Crippen molar-refractivity contribution in [2.45, 2.75) is 5.41 Å². The molecule has 1 aromatic heterocycles. The molecular formula is C48H34N2. The van der Waals surface area contributed by atoms with E-state index in [2.05, 4.69) is 205 Å². The van der Waals surface area contributed by atoms with Gasteiger partial charge in [-0.3, -0.25) is 0 Å². The van der Waals surface area contributed by atoms with Gasteiger partial charge < -0.3 is 9.47 Å². The van der Waals surface area contributed by atoms with Crippen molar-refractivity contribution in [2.75, 3.05) is 11.9 Å². The summed E-state index contributed by atoms with van der Waals surface area (Å²) in [6.45, 7) is 0. The number of nitrogens with zero attached hydrogens (tertiary/aromatic N) is 2. The highest BCUT2D eigenvalue weighted by atomic mass is 15.1. The van der Waals surface area contributed by atoms with Gasteiger partial charge in [-0.15, -0.1) is 0 Å². The maximum Gasteiger partial charge on any atom is 0.0714 e. The molecule has 0 unspecified atom stereocenters. The molecule has 8 aromatic carbocycles. The SMILES string of the molecule is CN(c1ccc2c(c1)C(c1ccccc1)(c1ccccc1)c1ccccc1-2)c1ccc2c(c1)c1ccccc1n2-c1cccc2ccccc12. The fraction of sp³-hybridized carbons (Fsp3) is 0.0417. The second-order valence-corrected chi connectivity index (χ2v) is 13.4. The van der Waals surface area contributed by atoms with Gasteiger partial charge in [-0.05, 0) is 81.2 Å². The summed E-state index contributed by atoms with van der Waals surface area (Å²) in [5.41, 5.74) is 13.3. The van der Waals surface area contributed by atoms with E-state index in [4.69, 9.17) is 0 Å². The molecule has 0 aliphatic heterocycles. The molecule has 0 spiro atoms. The molecule has 2 heteroatoms. The monoisotopic (exact) mass is 638 g/mol. The van der Waals surface area contributed by atoms with E-state index in [9.17, 15) is 0 Å². The fourth-order valence-electron chi connectivity index (χ4n) is 8.62. The summed E-state index contributed by atoms with van der Waals surface area (Å²) in [6.07, 6.45) is 0. The highest BCUT2D eigenvalue weighted by Gasteiger charge is 2.46. The Bertz CT molecular complexity index is 2680. The zero-order chi connectivity index (χ0) is 33.2. The first-order chi connectivity index (χ1) is 24.7. The molecule has 0 radical (unpaired) electrons. The Morgan fingerprint density at radius 1 is 0.420 bits per heavy atom. The number of rotatable bonds is 5. The molecule has 0 fully saturated rings. The molecule has 2 nitrogen and oxygen atoms in total. The lowest BCUT2D eigenvalue weighted by Crippen LogP contribution is -2.28. The standard InChI is InChI=1S/C48H34N2/c1-49(36-28-30-47-42(31-36)41-23-11-13-25-46(41)50(47)45-26-14-16-33-15-8-9-21-38(33)45)37-27-29-40-39-22-10-12-24-43(39)48(44(40)32-37,34-17-4-2-5-18-34)35-19-6-3-7-20-35/h2-32H,1H3. The second-order valence-electron chi connectivity index (χ2n) is 13.4. The zero-order valence-corrected chi connectivity index (χ0v) is 27.8. The highest BCUT2D eigenvalue weighted by Crippen LogP contribution is 2.56. The minimum atomic E-state index is -0.429. The van der Waals surface area contributed by atoms with Crippen LogP contribution in [0.15, 0.2) is 188 Å². The minimum absolute atomic E-state index is 0.429. The quantitative estimate of drug-likeness (QED) is 0.182. The molecule has 1 aliphatic rings. The van der Waals surface area contributed by atoms with Crippen molar-refractivity contribution >= 4 is 44.0 Å². The Hall–Kier alpha value is -6.38. The molecule has 0 saturated heterocycles. The molecule has 9 aromatic rings. The molecule has 10 rings (SSSR count). The molecule has 1 aliphatic carbocycles. The predicted octanol–water partition coefficient (Wildman–Crippen LogP) is 12.1. The van der Waals surface area contributed by atoms with Gasteiger partial charge in [0.05, 0.1) is 22.1 Å². The van der Waals surface area contributed by atoms with Crippen LogP contribution in [-0.2, 0) is 5.41 Å². The smallest absolute Gasteiger partial charge is 0.0714 e. The van der Waals surface area contributed by atoms with E-state index in [0.29, 0.717) is 0 Å². The van der Waals surface area contributed by atoms with Crippen molar-refractivity contribution in [3.05, 3.63) is 210 Å². The van der Waals surface area contributed by atoms with Crippen molar-refractivity contribution in [3.8, 4) is 16.8 Å². The Morgan fingerprint density at radius 3 is 1.80 bits per heavy atom. The first kappa shape index (κ1) is 28.6. The maximum absolute atomic E-state index is 2.43. The summed E-state index contributed by atoms with van der Waals surface area (Å²) in [5.74, 6) is 0. The van der Waals surface area contributed by atoms with Crippen LogP contribution in [-0.4, -0.2) is 11.6 Å². The number of para-hydroxylation sites is 1. The van der Waals surface area contributed by atoms with Crippen molar-refractivity contribution in [3.63, 3.8) is 0 Å². The molecule has 0 atom stereocenters. The van der Waals surface area contributed by atoms with Crippen LogP contribution in [0.1, 0.15) is 22.3 Å². The van der Waals surface area contributed by atoms with Crippen LogP contribution in [0.5, 0.6) is 0 Å². The second kappa shape index (κ2) is 11.1. The van der Waals surface area contributed by atoms with Crippen molar-refractivity contribution < 1.29 is 0 Å². The number of benzene rings is 8. The normalized spacial score (nSPS) is 13.1. The van der Waals surface area contributed by atoms with E-state index < -0.39 is 5.41 Å². The van der Waals surface area contributed by atoms with Crippen molar-refractivity contribution in [2.24, 2.45) is 0 Å². The number of anilines is 2. The van der Waals surface area contributed by atoms with Crippen LogP contribution in [0.3, 0.4) is 0 Å². The predicted molar refractivity (Wildman–Crippen MR) is 210 cm³/mol. The van der Waals surface area contributed by atoms with Gasteiger partial charge in [0, 0.05) is 34.6 Å². The van der Waals surface area contributed by atoms with Gasteiger partial charge >= 0.3 is 0 Å². The lowest BCUT2D eigenvalue weighted by atomic mass is 9.67. The average Bonchev–Trinajstić information content (AvgIpc) is 3.68. The van der Waals surface area contributed by atoms with Gasteiger partial charge in [0.15, 0.2) is 0 Å². The first-order valence-corrected chi connectivity index (χ1v) is 17.3. The number of fused-ring (bicyclic) bond motifs is 7. The molecule has 0 bridgehead atoms.